The highest BCUT2D eigenvalue weighted by Crippen LogP contribution is 2.41. The number of fused-ring (bicyclic) bond motifs is 1. The number of nitrogen functional groups attached to an aromatic ring is 1. The predicted octanol–water partition coefficient (Wildman–Crippen LogP) is 4.52. The van der Waals surface area contributed by atoms with Crippen LogP contribution in [-0.2, 0) is 11.2 Å². The van der Waals surface area contributed by atoms with E-state index in [1.807, 2.05) is 24.3 Å². The molecule has 2 unspecified atom stereocenters. The van der Waals surface area contributed by atoms with Gasteiger partial charge in [0.05, 0.1) is 17.6 Å². The summed E-state index contributed by atoms with van der Waals surface area (Å²) in [5.41, 5.74) is 4.78. The van der Waals surface area contributed by atoms with Gasteiger partial charge in [0.1, 0.15) is 0 Å². The van der Waals surface area contributed by atoms with Crippen molar-refractivity contribution in [2.75, 3.05) is 5.84 Å². The molecule has 0 spiro atoms. The zero-order valence-corrected chi connectivity index (χ0v) is 15.1. The van der Waals surface area contributed by atoms with Crippen molar-refractivity contribution < 1.29 is 9.90 Å². The number of halogens is 1. The van der Waals surface area contributed by atoms with Gasteiger partial charge in [-0.25, -0.2) is 0 Å². The lowest BCUT2D eigenvalue weighted by molar-refractivity contribution is -0.136. The van der Waals surface area contributed by atoms with Crippen molar-refractivity contribution in [3.8, 4) is 11.3 Å². The minimum absolute atomic E-state index is 0.000107. The van der Waals surface area contributed by atoms with E-state index < -0.39 is 5.97 Å². The largest absolute Gasteiger partial charge is 0.481 e. The van der Waals surface area contributed by atoms with Crippen molar-refractivity contribution in [3.05, 3.63) is 59.7 Å². The summed E-state index contributed by atoms with van der Waals surface area (Å²) in [5.74, 6) is 5.98. The number of aliphatic carboxylic acids is 1. The van der Waals surface area contributed by atoms with Crippen LogP contribution in [0.1, 0.15) is 36.3 Å². The first-order valence-corrected chi connectivity index (χ1v) is 9.33. The normalized spacial score (nSPS) is 19.9. The lowest BCUT2D eigenvalue weighted by Crippen LogP contribution is -2.13. The molecule has 0 aliphatic heterocycles. The van der Waals surface area contributed by atoms with E-state index in [-0.39, 0.29) is 11.8 Å². The average molecular weight is 369 g/mol. The van der Waals surface area contributed by atoms with Gasteiger partial charge in [-0.2, -0.15) is 0 Å². The number of alkyl halides is 1. The minimum atomic E-state index is -0.841. The van der Waals surface area contributed by atoms with E-state index in [1.54, 1.807) is 4.68 Å². The van der Waals surface area contributed by atoms with Crippen molar-refractivity contribution >= 4 is 28.5 Å². The van der Waals surface area contributed by atoms with Gasteiger partial charge in [-0.1, -0.05) is 42.8 Å². The fraction of sp³-hybridized carbons (Fsp3) is 0.286. The van der Waals surface area contributed by atoms with Gasteiger partial charge in [0, 0.05) is 22.2 Å². The summed E-state index contributed by atoms with van der Waals surface area (Å²) in [4.78, 5) is 11.0. The van der Waals surface area contributed by atoms with E-state index in [1.165, 1.54) is 5.56 Å². The molecule has 0 radical (unpaired) electrons. The lowest BCUT2D eigenvalue weighted by atomic mass is 9.95. The number of hydrogen-bond acceptors (Lipinski definition) is 2. The number of nitrogens with zero attached hydrogens (tertiary/aromatic N) is 1. The maximum atomic E-state index is 11.0. The Bertz CT molecular complexity index is 979. The van der Waals surface area contributed by atoms with E-state index >= 15 is 0 Å². The number of benzene rings is 2. The summed E-state index contributed by atoms with van der Waals surface area (Å²) in [6.07, 6.45) is 3.27. The molecule has 1 fully saturated rings. The first kappa shape index (κ1) is 17.0. The van der Waals surface area contributed by atoms with Crippen LogP contribution < -0.4 is 5.84 Å². The maximum absolute atomic E-state index is 11.0. The fourth-order valence-electron chi connectivity index (χ4n) is 4.11. The number of carboxylic acid groups (broad SMARTS) is 1. The molecule has 2 atom stereocenters. The van der Waals surface area contributed by atoms with Crippen molar-refractivity contribution in [3.63, 3.8) is 0 Å². The molecule has 1 heterocycles. The number of aromatic nitrogens is 1. The molecule has 5 heteroatoms. The number of nitrogens with two attached hydrogens (primary N) is 1. The molecule has 0 amide bonds. The molecule has 4 rings (SSSR count). The van der Waals surface area contributed by atoms with Gasteiger partial charge in [-0.15, -0.1) is 11.6 Å². The summed E-state index contributed by atoms with van der Waals surface area (Å²) >= 11 is 6.55. The standard InChI is InChI=1S/C21H21ClN2O2/c22-18-9-3-7-16(18)17-8-2-6-15-12-19(24(23)21(15)17)14-5-1-4-13(10-14)11-20(25)26/h1-2,4-6,8,10,12,16,18H,3,7,9,11,23H2,(H,25,26). The molecule has 3 N–H and O–H groups in total. The van der Waals surface area contributed by atoms with Crippen molar-refractivity contribution in [2.45, 2.75) is 37.0 Å². The second-order valence-corrected chi connectivity index (χ2v) is 7.57. The van der Waals surface area contributed by atoms with Crippen molar-refractivity contribution in [1.29, 1.82) is 0 Å². The average Bonchev–Trinajstić information content (AvgIpc) is 3.18. The summed E-state index contributed by atoms with van der Waals surface area (Å²) in [6, 6.07) is 15.9. The molecular formula is C21H21ClN2O2. The third-order valence-corrected chi connectivity index (χ3v) is 5.82. The molecule has 4 nitrogen and oxygen atoms in total. The van der Waals surface area contributed by atoms with Crippen molar-refractivity contribution in [1.82, 2.24) is 4.68 Å². The van der Waals surface area contributed by atoms with E-state index in [0.29, 0.717) is 5.92 Å². The second-order valence-electron chi connectivity index (χ2n) is 7.01. The van der Waals surface area contributed by atoms with Gasteiger partial charge in [0.2, 0.25) is 0 Å². The summed E-state index contributed by atoms with van der Waals surface area (Å²) in [6.45, 7) is 0. The van der Waals surface area contributed by atoms with Crippen LogP contribution in [0.15, 0.2) is 48.5 Å². The number of carboxylic acids is 1. The highest BCUT2D eigenvalue weighted by molar-refractivity contribution is 6.21. The van der Waals surface area contributed by atoms with Gasteiger partial charge in [-0.05, 0) is 36.1 Å². The predicted molar refractivity (Wildman–Crippen MR) is 105 cm³/mol. The molecule has 1 aliphatic carbocycles. The Morgan fingerprint density at radius 3 is 2.73 bits per heavy atom. The monoisotopic (exact) mass is 368 g/mol. The molecule has 0 bridgehead atoms. The van der Waals surface area contributed by atoms with Gasteiger partial charge < -0.3 is 10.9 Å². The van der Waals surface area contributed by atoms with Crippen molar-refractivity contribution in [2.24, 2.45) is 0 Å². The molecular weight excluding hydrogens is 348 g/mol. The van der Waals surface area contributed by atoms with Crippen LogP contribution in [0.2, 0.25) is 0 Å². The van der Waals surface area contributed by atoms with Gasteiger partial charge in [0.15, 0.2) is 0 Å². The number of rotatable bonds is 4. The van der Waals surface area contributed by atoms with Gasteiger partial charge in [0.25, 0.3) is 0 Å². The smallest absolute Gasteiger partial charge is 0.307 e. The number of hydrogen-bond donors (Lipinski definition) is 2. The molecule has 2 aromatic carbocycles. The lowest BCUT2D eigenvalue weighted by Gasteiger charge is -2.17. The minimum Gasteiger partial charge on any atom is -0.481 e. The molecule has 1 aliphatic rings. The maximum Gasteiger partial charge on any atom is 0.307 e. The van der Waals surface area contributed by atoms with Crippen LogP contribution >= 0.6 is 11.6 Å². The van der Waals surface area contributed by atoms with Crippen LogP contribution in [0.4, 0.5) is 0 Å². The zero-order chi connectivity index (χ0) is 18.3. The topological polar surface area (TPSA) is 68.2 Å². The molecule has 3 aromatic rings. The summed E-state index contributed by atoms with van der Waals surface area (Å²) in [7, 11) is 0. The SMILES string of the molecule is Nn1c(-c2cccc(CC(=O)O)c2)cc2cccc(C3CCCC3Cl)c21. The van der Waals surface area contributed by atoms with E-state index in [9.17, 15) is 4.79 Å². The molecule has 1 saturated carbocycles. The fourth-order valence-corrected chi connectivity index (χ4v) is 4.53. The van der Waals surface area contributed by atoms with Crippen LogP contribution in [0.5, 0.6) is 0 Å². The second kappa shape index (κ2) is 6.69. The van der Waals surface area contributed by atoms with Crippen LogP contribution in [0.3, 0.4) is 0 Å². The number of para-hydroxylation sites is 1. The highest BCUT2D eigenvalue weighted by atomic mass is 35.5. The Morgan fingerprint density at radius 1 is 1.19 bits per heavy atom. The van der Waals surface area contributed by atoms with Crippen LogP contribution in [-0.4, -0.2) is 21.1 Å². The first-order valence-electron chi connectivity index (χ1n) is 8.89. The summed E-state index contributed by atoms with van der Waals surface area (Å²) < 4.78 is 1.73. The number of carbonyl (C=O) groups is 1. The molecule has 134 valence electrons. The Balaban J connectivity index is 1.83. The van der Waals surface area contributed by atoms with Crippen LogP contribution in [0, 0.1) is 0 Å². The Morgan fingerprint density at radius 2 is 2.00 bits per heavy atom. The quantitative estimate of drug-likeness (QED) is 0.525. The zero-order valence-electron chi connectivity index (χ0n) is 14.4. The molecule has 1 aromatic heterocycles. The molecule has 0 saturated heterocycles. The van der Waals surface area contributed by atoms with E-state index in [0.717, 1.165) is 47.0 Å². The third-order valence-electron chi connectivity index (χ3n) is 5.30. The summed E-state index contributed by atoms with van der Waals surface area (Å²) in [5, 5.41) is 10.3. The Labute approximate surface area is 157 Å². The first-order chi connectivity index (χ1) is 12.5. The van der Waals surface area contributed by atoms with Crippen LogP contribution in [0.25, 0.3) is 22.2 Å². The Kier molecular flexibility index (Phi) is 4.37. The Hall–Kier alpha value is -2.46. The van der Waals surface area contributed by atoms with E-state index in [2.05, 4.69) is 24.3 Å². The van der Waals surface area contributed by atoms with E-state index in [4.69, 9.17) is 22.6 Å². The molecule has 26 heavy (non-hydrogen) atoms. The van der Waals surface area contributed by atoms with Gasteiger partial charge >= 0.3 is 5.97 Å². The third kappa shape index (κ3) is 2.95. The highest BCUT2D eigenvalue weighted by Gasteiger charge is 2.29. The van der Waals surface area contributed by atoms with Gasteiger partial charge in [-0.3, -0.25) is 9.47 Å².